The molecule has 0 spiro atoms. The Morgan fingerprint density at radius 1 is 1.19 bits per heavy atom. The average Bonchev–Trinajstić information content (AvgIpc) is 3.42. The van der Waals surface area contributed by atoms with Gasteiger partial charge in [0.25, 0.3) is 0 Å². The lowest BCUT2D eigenvalue weighted by Gasteiger charge is -2.24. The number of aliphatic imine (C=N–C) groups is 1. The van der Waals surface area contributed by atoms with Crippen LogP contribution in [-0.2, 0) is 16.6 Å². The van der Waals surface area contributed by atoms with Gasteiger partial charge < -0.3 is 10.6 Å². The fourth-order valence-corrected chi connectivity index (χ4v) is 5.67. The quantitative estimate of drug-likeness (QED) is 0.303. The molecule has 1 saturated carbocycles. The van der Waals surface area contributed by atoms with Crippen molar-refractivity contribution in [2.45, 2.75) is 75.5 Å². The molecule has 0 bridgehead atoms. The van der Waals surface area contributed by atoms with Gasteiger partial charge in [-0.1, -0.05) is 25.0 Å². The number of likely N-dealkylation sites (tertiary alicyclic amines) is 1. The zero-order valence-electron chi connectivity index (χ0n) is 19.2. The van der Waals surface area contributed by atoms with Crippen LogP contribution in [0.2, 0.25) is 0 Å². The molecular formula is C22H38IN5O2S. The van der Waals surface area contributed by atoms with Crippen molar-refractivity contribution in [3.8, 4) is 0 Å². The van der Waals surface area contributed by atoms with Crippen molar-refractivity contribution in [2.75, 3.05) is 27.2 Å². The summed E-state index contributed by atoms with van der Waals surface area (Å²) in [5, 5.41) is 6.90. The van der Waals surface area contributed by atoms with Gasteiger partial charge in [0.1, 0.15) is 0 Å². The van der Waals surface area contributed by atoms with Gasteiger partial charge in [-0.05, 0) is 50.8 Å². The third-order valence-electron chi connectivity index (χ3n) is 6.41. The third-order valence-corrected chi connectivity index (χ3v) is 8.46. The molecule has 1 aliphatic carbocycles. The maximum Gasteiger partial charge on any atom is 0.243 e. The summed E-state index contributed by atoms with van der Waals surface area (Å²) in [7, 11) is -0.0457. The van der Waals surface area contributed by atoms with Gasteiger partial charge in [-0.3, -0.25) is 9.89 Å². The number of guanidine groups is 1. The second-order valence-corrected chi connectivity index (χ2v) is 10.7. The van der Waals surface area contributed by atoms with Crippen molar-refractivity contribution in [3.63, 3.8) is 0 Å². The van der Waals surface area contributed by atoms with Gasteiger partial charge in [0, 0.05) is 51.9 Å². The molecule has 2 aliphatic rings. The van der Waals surface area contributed by atoms with Crippen molar-refractivity contribution >= 4 is 40.0 Å². The monoisotopic (exact) mass is 563 g/mol. The van der Waals surface area contributed by atoms with Crippen molar-refractivity contribution in [3.05, 3.63) is 29.8 Å². The van der Waals surface area contributed by atoms with Gasteiger partial charge >= 0.3 is 0 Å². The molecule has 2 fully saturated rings. The van der Waals surface area contributed by atoms with Gasteiger partial charge in [-0.15, -0.1) is 24.0 Å². The summed E-state index contributed by atoms with van der Waals surface area (Å²) < 4.78 is 26.6. The summed E-state index contributed by atoms with van der Waals surface area (Å²) in [4.78, 5) is 7.31. The van der Waals surface area contributed by atoms with Crippen LogP contribution in [0.15, 0.2) is 34.2 Å². The Morgan fingerprint density at radius 2 is 1.84 bits per heavy atom. The van der Waals surface area contributed by atoms with Crippen LogP contribution in [0.1, 0.15) is 51.5 Å². The molecule has 7 nitrogen and oxygen atoms in total. The fraction of sp³-hybridized carbons (Fsp3) is 0.682. The summed E-state index contributed by atoms with van der Waals surface area (Å²) in [5.41, 5.74) is 1.02. The smallest absolute Gasteiger partial charge is 0.243 e. The molecule has 1 saturated heterocycles. The molecule has 3 rings (SSSR count). The van der Waals surface area contributed by atoms with E-state index in [4.69, 9.17) is 0 Å². The maximum atomic E-state index is 12.6. The first-order valence-electron chi connectivity index (χ1n) is 11.1. The highest BCUT2D eigenvalue weighted by Crippen LogP contribution is 2.26. The first-order chi connectivity index (χ1) is 14.3. The van der Waals surface area contributed by atoms with E-state index in [1.807, 2.05) is 26.0 Å². The van der Waals surface area contributed by atoms with Crippen molar-refractivity contribution in [2.24, 2.45) is 4.99 Å². The molecule has 1 atom stereocenters. The Hall–Kier alpha value is -0.910. The van der Waals surface area contributed by atoms with Crippen LogP contribution in [-0.4, -0.2) is 68.9 Å². The Labute approximate surface area is 205 Å². The topological polar surface area (TPSA) is 77.0 Å². The maximum absolute atomic E-state index is 12.6. The van der Waals surface area contributed by atoms with Crippen LogP contribution in [0.4, 0.5) is 0 Å². The molecule has 0 radical (unpaired) electrons. The SMILES string of the molecule is CN=C(NCc1ccc(S(=O)(=O)N(C)C(C)C)cc1)NC1CCN(C2CCCC2)C1.I. The van der Waals surface area contributed by atoms with Crippen molar-refractivity contribution in [1.29, 1.82) is 0 Å². The fourth-order valence-electron chi connectivity index (χ4n) is 4.30. The van der Waals surface area contributed by atoms with Gasteiger partial charge in [0.2, 0.25) is 10.0 Å². The highest BCUT2D eigenvalue weighted by Gasteiger charge is 2.30. The highest BCUT2D eigenvalue weighted by atomic mass is 127. The van der Waals surface area contributed by atoms with Gasteiger partial charge in [-0.25, -0.2) is 8.42 Å². The summed E-state index contributed by atoms with van der Waals surface area (Å²) in [5.74, 6) is 0.796. The molecular weight excluding hydrogens is 525 g/mol. The number of nitrogens with one attached hydrogen (secondary N) is 2. The summed E-state index contributed by atoms with van der Waals surface area (Å²) >= 11 is 0. The highest BCUT2D eigenvalue weighted by molar-refractivity contribution is 14.0. The Morgan fingerprint density at radius 3 is 2.42 bits per heavy atom. The molecule has 1 aromatic carbocycles. The first kappa shape index (κ1) is 26.3. The van der Waals surface area contributed by atoms with E-state index in [9.17, 15) is 8.42 Å². The second-order valence-electron chi connectivity index (χ2n) is 8.75. The van der Waals surface area contributed by atoms with Crippen LogP contribution in [0.25, 0.3) is 0 Å². The lowest BCUT2D eigenvalue weighted by Crippen LogP contribution is -2.45. The molecule has 0 amide bonds. The van der Waals surface area contributed by atoms with Crippen molar-refractivity contribution in [1.82, 2.24) is 19.8 Å². The van der Waals surface area contributed by atoms with Gasteiger partial charge in [0.15, 0.2) is 5.96 Å². The second kappa shape index (κ2) is 11.8. The molecule has 0 aromatic heterocycles. The zero-order valence-corrected chi connectivity index (χ0v) is 22.3. The molecule has 1 unspecified atom stereocenters. The Balaban J connectivity index is 0.00000341. The van der Waals surface area contributed by atoms with E-state index in [2.05, 4.69) is 20.5 Å². The largest absolute Gasteiger partial charge is 0.352 e. The molecule has 176 valence electrons. The third kappa shape index (κ3) is 6.79. The van der Waals surface area contributed by atoms with E-state index in [0.717, 1.165) is 30.5 Å². The standard InChI is InChI=1S/C22H37N5O2S.HI/c1-17(2)26(4)30(28,29)21-11-9-18(10-12-21)15-24-22(23-3)25-19-13-14-27(16-19)20-7-5-6-8-20;/h9-12,17,19-20H,5-8,13-16H2,1-4H3,(H2,23,24,25);1H. The zero-order chi connectivity index (χ0) is 21.7. The van der Waals surface area contributed by atoms with Crippen LogP contribution in [0, 0.1) is 0 Å². The van der Waals surface area contributed by atoms with Crippen LogP contribution in [0.5, 0.6) is 0 Å². The lowest BCUT2D eigenvalue weighted by atomic mass is 10.2. The molecule has 2 N–H and O–H groups in total. The molecule has 31 heavy (non-hydrogen) atoms. The van der Waals surface area contributed by atoms with E-state index in [-0.39, 0.29) is 30.0 Å². The lowest BCUT2D eigenvalue weighted by molar-refractivity contribution is 0.242. The minimum atomic E-state index is -3.45. The number of sulfonamides is 1. The van der Waals surface area contributed by atoms with Gasteiger partial charge in [0.05, 0.1) is 4.90 Å². The predicted molar refractivity (Wildman–Crippen MR) is 138 cm³/mol. The van der Waals surface area contributed by atoms with E-state index in [1.54, 1.807) is 26.2 Å². The van der Waals surface area contributed by atoms with E-state index >= 15 is 0 Å². The predicted octanol–water partition coefficient (Wildman–Crippen LogP) is 3.02. The normalized spacial score (nSPS) is 21.0. The number of hydrogen-bond acceptors (Lipinski definition) is 4. The molecule has 1 aromatic rings. The summed E-state index contributed by atoms with van der Waals surface area (Å²) in [6.45, 7) is 6.58. The first-order valence-corrected chi connectivity index (χ1v) is 12.5. The van der Waals surface area contributed by atoms with E-state index < -0.39 is 10.0 Å². The minimum absolute atomic E-state index is 0. The number of halogens is 1. The van der Waals surface area contributed by atoms with Crippen LogP contribution >= 0.6 is 24.0 Å². The molecule has 9 heteroatoms. The summed E-state index contributed by atoms with van der Waals surface area (Å²) in [6, 6.07) is 8.20. The number of hydrogen-bond donors (Lipinski definition) is 2. The number of benzene rings is 1. The van der Waals surface area contributed by atoms with Gasteiger partial charge in [-0.2, -0.15) is 4.31 Å². The molecule has 1 aliphatic heterocycles. The van der Waals surface area contributed by atoms with Crippen LogP contribution < -0.4 is 10.6 Å². The number of rotatable bonds is 7. The summed E-state index contributed by atoms with van der Waals surface area (Å²) in [6.07, 6.45) is 6.58. The molecule has 1 heterocycles. The Bertz CT molecular complexity index is 823. The average molecular weight is 564 g/mol. The van der Waals surface area contributed by atoms with E-state index in [1.165, 1.54) is 36.5 Å². The van der Waals surface area contributed by atoms with E-state index in [0.29, 0.717) is 17.5 Å². The number of nitrogens with zero attached hydrogens (tertiary/aromatic N) is 3. The minimum Gasteiger partial charge on any atom is -0.352 e. The van der Waals surface area contributed by atoms with Crippen molar-refractivity contribution < 1.29 is 8.42 Å². The van der Waals surface area contributed by atoms with Crippen LogP contribution in [0.3, 0.4) is 0 Å². The Kier molecular flexibility index (Phi) is 10.0.